The lowest BCUT2D eigenvalue weighted by molar-refractivity contribution is -0.525. The van der Waals surface area contributed by atoms with Crippen molar-refractivity contribution in [2.45, 2.75) is 30.4 Å². The molecule has 0 aromatic rings. The number of rotatable bonds is 5. The molecule has 14 heteroatoms. The Morgan fingerprint density at radius 2 is 1.23 bits per heavy atom. The van der Waals surface area contributed by atoms with E-state index in [4.69, 9.17) is 5.26 Å². The zero-order valence-corrected chi connectivity index (χ0v) is 9.63. The molecule has 0 aromatic carbocycles. The molecule has 0 saturated carbocycles. The number of alkyl halides is 10. The normalized spacial score (nSPS) is 19.0. The van der Waals surface area contributed by atoms with Gasteiger partial charge < -0.3 is 0 Å². The highest BCUT2D eigenvalue weighted by atomic mass is 19.4. The zero-order valence-electron chi connectivity index (χ0n) is 9.63. The van der Waals surface area contributed by atoms with E-state index in [-0.39, 0.29) is 0 Å². The summed E-state index contributed by atoms with van der Waals surface area (Å²) in [6, 6.07) is -7.06. The molecule has 0 spiro atoms. The van der Waals surface area contributed by atoms with Crippen molar-refractivity contribution in [3.63, 3.8) is 0 Å². The Morgan fingerprint density at radius 3 is 1.45 bits per heavy atom. The summed E-state index contributed by atoms with van der Waals surface area (Å²) in [5.41, 5.74) is 0. The van der Waals surface area contributed by atoms with Crippen LogP contribution in [-0.2, 0) is 9.47 Å². The van der Waals surface area contributed by atoms with Crippen molar-refractivity contribution in [2.75, 3.05) is 0 Å². The Kier molecular flexibility index (Phi) is 5.13. The number of hydrogen-bond donors (Lipinski definition) is 0. The second kappa shape index (κ2) is 5.54. The van der Waals surface area contributed by atoms with Gasteiger partial charge in [0.2, 0.25) is 0 Å². The molecule has 0 aliphatic heterocycles. The molecular weight excluding hydrogens is 351 g/mol. The standard InChI is InChI=1S/C8H2F11NO2/c1-3(9)5(11,12)22-8(19,7(16,17)18)21-4(10,2-20)6(13,14)15/h1H2. The van der Waals surface area contributed by atoms with Gasteiger partial charge in [-0.2, -0.15) is 49.2 Å². The quantitative estimate of drug-likeness (QED) is 0.554. The zero-order chi connectivity index (χ0) is 18.2. The van der Waals surface area contributed by atoms with Crippen molar-refractivity contribution in [3.05, 3.63) is 12.4 Å². The molecule has 0 fully saturated rings. The van der Waals surface area contributed by atoms with E-state index in [1.165, 1.54) is 0 Å². The number of ether oxygens (including phenoxy) is 2. The summed E-state index contributed by atoms with van der Waals surface area (Å²) in [6.07, 6.45) is -19.3. The highest BCUT2D eigenvalue weighted by molar-refractivity contribution is 5.01. The van der Waals surface area contributed by atoms with Crippen LogP contribution >= 0.6 is 0 Å². The Hall–Kier alpha value is -1.62. The van der Waals surface area contributed by atoms with Gasteiger partial charge in [-0.05, 0) is 0 Å². The van der Waals surface area contributed by atoms with Crippen LogP contribution in [0.2, 0.25) is 0 Å². The fraction of sp³-hybridized carbons (Fsp3) is 0.625. The number of halogens is 11. The lowest BCUT2D eigenvalue weighted by atomic mass is 10.3. The fourth-order valence-electron chi connectivity index (χ4n) is 0.682. The van der Waals surface area contributed by atoms with Gasteiger partial charge in [0, 0.05) is 0 Å². The second-order valence-electron chi connectivity index (χ2n) is 3.36. The van der Waals surface area contributed by atoms with Gasteiger partial charge in [0.05, 0.1) is 0 Å². The van der Waals surface area contributed by atoms with Crippen LogP contribution < -0.4 is 0 Å². The highest BCUT2D eigenvalue weighted by Gasteiger charge is 2.73. The predicted octanol–water partition coefficient (Wildman–Crippen LogP) is 4.03. The summed E-state index contributed by atoms with van der Waals surface area (Å²) in [4.78, 5) is 0. The Labute approximate surface area is 113 Å². The maximum absolute atomic E-state index is 13.2. The van der Waals surface area contributed by atoms with Crippen LogP contribution in [0.4, 0.5) is 48.3 Å². The molecule has 0 amide bonds. The molecule has 22 heavy (non-hydrogen) atoms. The SMILES string of the molecule is C=C(F)C(F)(F)OC(F)(OC(F)(C#N)C(F)(F)F)C(F)(F)F. The second-order valence-corrected chi connectivity index (χ2v) is 3.36. The van der Waals surface area contributed by atoms with Crippen LogP contribution in [0.3, 0.4) is 0 Å². The van der Waals surface area contributed by atoms with Crippen LogP contribution in [0, 0.1) is 11.3 Å². The molecule has 0 rings (SSSR count). The smallest absolute Gasteiger partial charge is 0.259 e. The number of hydrogen-bond acceptors (Lipinski definition) is 3. The summed E-state index contributed by atoms with van der Waals surface area (Å²) in [6.45, 7) is 1.75. The number of nitriles is 1. The van der Waals surface area contributed by atoms with E-state index in [0.717, 1.165) is 0 Å². The maximum Gasteiger partial charge on any atom is 0.478 e. The van der Waals surface area contributed by atoms with Gasteiger partial charge >= 0.3 is 30.4 Å². The van der Waals surface area contributed by atoms with Crippen molar-refractivity contribution in [2.24, 2.45) is 0 Å². The monoisotopic (exact) mass is 353 g/mol. The first kappa shape index (κ1) is 20.4. The van der Waals surface area contributed by atoms with Gasteiger partial charge in [-0.3, -0.25) is 4.74 Å². The number of nitrogens with zero attached hydrogens (tertiary/aromatic N) is 1. The van der Waals surface area contributed by atoms with Gasteiger partial charge in [-0.1, -0.05) is 6.58 Å². The molecule has 0 N–H and O–H groups in total. The van der Waals surface area contributed by atoms with Crippen LogP contribution in [0.1, 0.15) is 0 Å². The van der Waals surface area contributed by atoms with Gasteiger partial charge in [0.25, 0.3) is 0 Å². The van der Waals surface area contributed by atoms with E-state index >= 15 is 0 Å². The average Bonchev–Trinajstić information content (AvgIpc) is 2.24. The van der Waals surface area contributed by atoms with Crippen molar-refractivity contribution in [3.8, 4) is 6.07 Å². The van der Waals surface area contributed by atoms with Gasteiger partial charge in [0.1, 0.15) is 6.07 Å². The largest absolute Gasteiger partial charge is 0.478 e. The molecule has 0 saturated heterocycles. The van der Waals surface area contributed by atoms with E-state index in [9.17, 15) is 48.3 Å². The summed E-state index contributed by atoms with van der Waals surface area (Å²) in [5, 5.41) is 7.82. The molecule has 128 valence electrons. The first-order valence-electron chi connectivity index (χ1n) is 4.47. The lowest BCUT2D eigenvalue weighted by Crippen LogP contribution is -2.57. The molecule has 2 atom stereocenters. The summed E-state index contributed by atoms with van der Waals surface area (Å²) >= 11 is 0. The Bertz CT molecular complexity index is 478. The molecule has 2 unspecified atom stereocenters. The van der Waals surface area contributed by atoms with E-state index in [2.05, 4.69) is 9.47 Å². The molecule has 0 radical (unpaired) electrons. The van der Waals surface area contributed by atoms with Crippen LogP contribution in [-0.4, -0.2) is 30.4 Å². The first-order valence-corrected chi connectivity index (χ1v) is 4.47. The average molecular weight is 353 g/mol. The summed E-state index contributed by atoms with van der Waals surface area (Å²) < 4.78 is 140. The third-order valence-electron chi connectivity index (χ3n) is 1.69. The van der Waals surface area contributed by atoms with E-state index < -0.39 is 42.3 Å². The Morgan fingerprint density at radius 1 is 0.818 bits per heavy atom. The van der Waals surface area contributed by atoms with Crippen LogP contribution in [0.25, 0.3) is 0 Å². The molecule has 0 heterocycles. The predicted molar refractivity (Wildman–Crippen MR) is 42.8 cm³/mol. The van der Waals surface area contributed by atoms with Crippen molar-refractivity contribution < 1.29 is 57.8 Å². The fourth-order valence-corrected chi connectivity index (χ4v) is 0.682. The van der Waals surface area contributed by atoms with Crippen molar-refractivity contribution in [1.82, 2.24) is 0 Å². The molecule has 0 aromatic heterocycles. The van der Waals surface area contributed by atoms with Gasteiger partial charge in [-0.25, -0.2) is 9.13 Å². The minimum atomic E-state index is -6.87. The molecule has 0 aliphatic rings. The minimum absolute atomic E-state index is 0.534. The van der Waals surface area contributed by atoms with Crippen LogP contribution in [0.15, 0.2) is 12.4 Å². The first-order chi connectivity index (χ1) is 9.42. The topological polar surface area (TPSA) is 42.2 Å². The summed E-state index contributed by atoms with van der Waals surface area (Å²) in [7, 11) is 0. The van der Waals surface area contributed by atoms with Crippen molar-refractivity contribution >= 4 is 0 Å². The molecule has 0 aliphatic carbocycles. The maximum atomic E-state index is 13.2. The third kappa shape index (κ3) is 3.97. The van der Waals surface area contributed by atoms with E-state index in [1.54, 1.807) is 6.58 Å². The minimum Gasteiger partial charge on any atom is -0.259 e. The van der Waals surface area contributed by atoms with Gasteiger partial charge in [-0.15, -0.1) is 0 Å². The highest BCUT2D eigenvalue weighted by Crippen LogP contribution is 2.47. The molecule has 3 nitrogen and oxygen atoms in total. The summed E-state index contributed by atoms with van der Waals surface area (Å²) in [5.74, 6) is -9.08. The lowest BCUT2D eigenvalue weighted by Gasteiger charge is -2.33. The van der Waals surface area contributed by atoms with Crippen molar-refractivity contribution in [1.29, 1.82) is 5.26 Å². The van der Waals surface area contributed by atoms with Crippen LogP contribution in [0.5, 0.6) is 0 Å². The Balaban J connectivity index is 5.88. The van der Waals surface area contributed by atoms with Gasteiger partial charge in [0.15, 0.2) is 5.83 Å². The van der Waals surface area contributed by atoms with E-state index in [0.29, 0.717) is 0 Å². The third-order valence-corrected chi connectivity index (χ3v) is 1.69. The van der Waals surface area contributed by atoms with E-state index in [1.807, 2.05) is 0 Å². The molecular formula is C8H2F11NO2. The molecule has 0 bridgehead atoms.